The second-order valence-electron chi connectivity index (χ2n) is 13.0. The van der Waals surface area contributed by atoms with Crippen LogP contribution in [0.1, 0.15) is 69.2 Å². The average Bonchev–Trinajstić information content (AvgIpc) is 3.36. The summed E-state index contributed by atoms with van der Waals surface area (Å²) >= 11 is 3.61. The zero-order chi connectivity index (χ0) is 35.8. The number of carbonyl (C=O) groups excluding carboxylic acids is 4. The van der Waals surface area contributed by atoms with E-state index in [0.717, 1.165) is 81.1 Å². The van der Waals surface area contributed by atoms with Crippen LogP contribution in [0.3, 0.4) is 0 Å². The summed E-state index contributed by atoms with van der Waals surface area (Å²) in [5.41, 5.74) is 7.80. The summed E-state index contributed by atoms with van der Waals surface area (Å²) in [4.78, 5) is 56.3. The highest BCUT2D eigenvalue weighted by molar-refractivity contribution is 9.10. The average molecular weight is 750 g/mol. The molecule has 260 valence electrons. The van der Waals surface area contributed by atoms with Crippen molar-refractivity contribution in [1.82, 2.24) is 15.1 Å². The smallest absolute Gasteiger partial charge is 0.262 e. The van der Waals surface area contributed by atoms with Gasteiger partial charge in [0.25, 0.3) is 11.8 Å². The number of nitrogens with one attached hydrogen (secondary N) is 1. The van der Waals surface area contributed by atoms with Crippen LogP contribution in [-0.4, -0.2) is 75.9 Å². The fraction of sp³-hybridized carbons (Fsp3) is 0.250. The summed E-state index contributed by atoms with van der Waals surface area (Å²) in [6.07, 6.45) is 0.966. The van der Waals surface area contributed by atoms with Gasteiger partial charge in [0.15, 0.2) is 0 Å². The minimum Gasteiger partial charge on any atom is -0.508 e. The summed E-state index contributed by atoms with van der Waals surface area (Å²) in [6, 6.07) is 25.5. The molecule has 0 aromatic heterocycles. The monoisotopic (exact) mass is 748 g/mol. The Kier molecular flexibility index (Phi) is 9.50. The van der Waals surface area contributed by atoms with Gasteiger partial charge in [0.1, 0.15) is 17.5 Å². The number of imide groups is 2. The first-order chi connectivity index (χ1) is 24.6. The number of phenolic OH excluding ortho intramolecular Hbond substituents is 2. The number of phenols is 2. The lowest BCUT2D eigenvalue weighted by Gasteiger charge is -2.36. The van der Waals surface area contributed by atoms with Gasteiger partial charge < -0.3 is 15.1 Å². The number of hydrogen-bond acceptors (Lipinski definition) is 8. The SMILES string of the molecule is CCC(=C(c1ccc(O)cc1)c1ccc(N2CCN(Cc3cc4c(cc3Br)C(=O)N(C3CCC(=O)NC3=O)C4=O)CC2)cc1)c1ccc(O)cc1. The standard InChI is InChI=1S/C40H37BrN4O6/c1-2-31(24-5-11-29(46)12-6-24)37(26-7-13-30(47)14-8-26)25-3-9-28(10-4-25)44-19-17-43(18-20-44)23-27-21-32-33(22-34(27)41)40(51)45(39(32)50)35-15-16-36(48)42-38(35)49/h3-14,21-22,35,46-47H,2,15-20,23H2,1H3,(H,42,48,49). The van der Waals surface area contributed by atoms with Gasteiger partial charge in [-0.2, -0.15) is 0 Å². The summed E-state index contributed by atoms with van der Waals surface area (Å²) in [7, 11) is 0. The molecule has 0 bridgehead atoms. The number of nitrogens with zero attached hydrogens (tertiary/aromatic N) is 3. The van der Waals surface area contributed by atoms with E-state index in [1.165, 1.54) is 0 Å². The third kappa shape index (κ3) is 6.79. The number of amides is 4. The lowest BCUT2D eigenvalue weighted by molar-refractivity contribution is -0.136. The third-order valence-corrected chi connectivity index (χ3v) is 10.7. The minimum atomic E-state index is -0.997. The Hall–Kier alpha value is -5.26. The number of carbonyl (C=O) groups is 4. The maximum absolute atomic E-state index is 13.4. The summed E-state index contributed by atoms with van der Waals surface area (Å²) < 4.78 is 0.724. The number of benzene rings is 4. The van der Waals surface area contributed by atoms with Crippen molar-refractivity contribution >= 4 is 56.4 Å². The maximum Gasteiger partial charge on any atom is 0.262 e. The van der Waals surface area contributed by atoms with Crippen LogP contribution in [0, 0.1) is 0 Å². The molecule has 4 amide bonds. The van der Waals surface area contributed by atoms with Gasteiger partial charge >= 0.3 is 0 Å². The van der Waals surface area contributed by atoms with Crippen LogP contribution in [0.4, 0.5) is 5.69 Å². The summed E-state index contributed by atoms with van der Waals surface area (Å²) in [5.74, 6) is -1.63. The van der Waals surface area contributed by atoms with Crippen molar-refractivity contribution in [3.8, 4) is 11.5 Å². The van der Waals surface area contributed by atoms with Gasteiger partial charge in [-0.3, -0.25) is 34.3 Å². The first kappa shape index (κ1) is 34.2. The van der Waals surface area contributed by atoms with Crippen molar-refractivity contribution in [1.29, 1.82) is 0 Å². The molecule has 51 heavy (non-hydrogen) atoms. The van der Waals surface area contributed by atoms with E-state index in [0.29, 0.717) is 6.54 Å². The third-order valence-electron chi connectivity index (χ3n) is 9.92. The van der Waals surface area contributed by atoms with E-state index in [1.54, 1.807) is 36.4 Å². The molecule has 0 aliphatic carbocycles. The molecule has 3 aliphatic rings. The molecular formula is C40H37BrN4O6. The van der Waals surface area contributed by atoms with Gasteiger partial charge in [-0.15, -0.1) is 0 Å². The van der Waals surface area contributed by atoms with Gasteiger partial charge in [0, 0.05) is 49.3 Å². The molecule has 0 spiro atoms. The van der Waals surface area contributed by atoms with Crippen LogP contribution in [0.2, 0.25) is 0 Å². The Morgan fingerprint density at radius 3 is 1.88 bits per heavy atom. The van der Waals surface area contributed by atoms with Crippen LogP contribution in [0.15, 0.2) is 89.4 Å². The molecule has 2 fully saturated rings. The summed E-state index contributed by atoms with van der Waals surface area (Å²) in [6.45, 7) is 5.89. The van der Waals surface area contributed by atoms with Crippen molar-refractivity contribution in [3.63, 3.8) is 0 Å². The topological polar surface area (TPSA) is 130 Å². The Morgan fingerprint density at radius 1 is 0.765 bits per heavy atom. The highest BCUT2D eigenvalue weighted by atomic mass is 79.9. The zero-order valence-electron chi connectivity index (χ0n) is 28.1. The fourth-order valence-electron chi connectivity index (χ4n) is 7.23. The molecule has 10 nitrogen and oxygen atoms in total. The number of piperazine rings is 1. The number of allylic oxidation sites excluding steroid dienone is 1. The molecule has 0 saturated carbocycles. The normalized spacial score (nSPS) is 18.5. The van der Waals surface area contributed by atoms with E-state index < -0.39 is 29.7 Å². The lowest BCUT2D eigenvalue weighted by Crippen LogP contribution is -2.54. The molecule has 4 aromatic carbocycles. The van der Waals surface area contributed by atoms with E-state index in [9.17, 15) is 29.4 Å². The number of rotatable bonds is 8. The number of piperidine rings is 1. The second kappa shape index (κ2) is 14.2. The van der Waals surface area contributed by atoms with Crippen molar-refractivity contribution in [2.24, 2.45) is 0 Å². The molecule has 4 aromatic rings. The first-order valence-corrected chi connectivity index (χ1v) is 17.8. The van der Waals surface area contributed by atoms with Crippen molar-refractivity contribution < 1.29 is 29.4 Å². The number of anilines is 1. The number of hydrogen-bond donors (Lipinski definition) is 3. The largest absolute Gasteiger partial charge is 0.508 e. The van der Waals surface area contributed by atoms with Crippen molar-refractivity contribution in [2.75, 3.05) is 31.1 Å². The second-order valence-corrected chi connectivity index (χ2v) is 13.9. The Labute approximate surface area is 304 Å². The predicted octanol–water partition coefficient (Wildman–Crippen LogP) is 5.95. The molecule has 1 atom stereocenters. The Morgan fingerprint density at radius 2 is 1.31 bits per heavy atom. The van der Waals surface area contributed by atoms with Gasteiger partial charge in [-0.1, -0.05) is 59.3 Å². The molecule has 7 rings (SSSR count). The van der Waals surface area contributed by atoms with E-state index in [-0.39, 0.29) is 35.5 Å². The van der Waals surface area contributed by atoms with Gasteiger partial charge in [-0.25, -0.2) is 0 Å². The number of fused-ring (bicyclic) bond motifs is 1. The number of halogens is 1. The molecular weight excluding hydrogens is 712 g/mol. The predicted molar refractivity (Wildman–Crippen MR) is 197 cm³/mol. The maximum atomic E-state index is 13.4. The van der Waals surface area contributed by atoms with E-state index in [1.807, 2.05) is 24.3 Å². The molecule has 3 N–H and O–H groups in total. The summed E-state index contributed by atoms with van der Waals surface area (Å²) in [5, 5.41) is 22.1. The zero-order valence-corrected chi connectivity index (χ0v) is 29.7. The molecule has 3 heterocycles. The van der Waals surface area contributed by atoms with Crippen LogP contribution in [0.5, 0.6) is 11.5 Å². The van der Waals surface area contributed by atoms with Crippen molar-refractivity contribution in [2.45, 2.75) is 38.8 Å². The van der Waals surface area contributed by atoms with E-state index in [4.69, 9.17) is 0 Å². The van der Waals surface area contributed by atoms with Gasteiger partial charge in [0.2, 0.25) is 11.8 Å². The van der Waals surface area contributed by atoms with Crippen LogP contribution in [0.25, 0.3) is 11.1 Å². The van der Waals surface area contributed by atoms with Gasteiger partial charge in [0.05, 0.1) is 11.1 Å². The highest BCUT2D eigenvalue weighted by Crippen LogP contribution is 2.37. The minimum absolute atomic E-state index is 0.0770. The first-order valence-electron chi connectivity index (χ1n) is 17.0. The molecule has 0 radical (unpaired) electrons. The van der Waals surface area contributed by atoms with Crippen LogP contribution >= 0.6 is 15.9 Å². The molecule has 1 unspecified atom stereocenters. The molecule has 2 saturated heterocycles. The van der Waals surface area contributed by atoms with Crippen molar-refractivity contribution in [3.05, 3.63) is 123 Å². The molecule has 11 heteroatoms. The van der Waals surface area contributed by atoms with Crippen LogP contribution < -0.4 is 10.2 Å². The van der Waals surface area contributed by atoms with E-state index >= 15 is 0 Å². The Bertz CT molecular complexity index is 2050. The van der Waals surface area contributed by atoms with E-state index in [2.05, 4.69) is 62.2 Å². The van der Waals surface area contributed by atoms with Crippen LogP contribution in [-0.2, 0) is 16.1 Å². The highest BCUT2D eigenvalue weighted by Gasteiger charge is 2.45. The molecule has 3 aliphatic heterocycles. The Balaban J connectivity index is 1.05. The fourth-order valence-corrected chi connectivity index (χ4v) is 7.70. The quantitative estimate of drug-likeness (QED) is 0.149. The van der Waals surface area contributed by atoms with Gasteiger partial charge in [-0.05, 0) is 94.8 Å². The number of aromatic hydroxyl groups is 2. The lowest BCUT2D eigenvalue weighted by atomic mass is 9.88.